The van der Waals surface area contributed by atoms with Gasteiger partial charge in [0.2, 0.25) is 12.0 Å². The molecule has 1 saturated heterocycles. The van der Waals surface area contributed by atoms with Gasteiger partial charge in [0.25, 0.3) is 0 Å². The predicted octanol–water partition coefficient (Wildman–Crippen LogP) is 0.0671. The average molecular weight is 492 g/mol. The molecule has 0 radical (unpaired) electrons. The summed E-state index contributed by atoms with van der Waals surface area (Å²) in [5.41, 5.74) is -0.322. The van der Waals surface area contributed by atoms with Crippen LogP contribution in [0.25, 0.3) is 22.3 Å². The molecule has 5 atom stereocenters. The molecule has 1 aliphatic rings. The molecule has 188 valence electrons. The molecule has 0 amide bonds. The van der Waals surface area contributed by atoms with E-state index in [1.807, 2.05) is 0 Å². The fourth-order valence-corrected chi connectivity index (χ4v) is 3.80. The number of methoxy groups -OCH3 is 2. The third-order valence-corrected chi connectivity index (χ3v) is 5.66. The zero-order valence-corrected chi connectivity index (χ0v) is 18.6. The molecule has 2 heterocycles. The third-order valence-electron chi connectivity index (χ3n) is 5.66. The summed E-state index contributed by atoms with van der Waals surface area (Å²) in [4.78, 5) is 13.2. The third kappa shape index (κ3) is 4.33. The van der Waals surface area contributed by atoms with Crippen molar-refractivity contribution in [1.82, 2.24) is 0 Å². The molecule has 0 aliphatic carbocycles. The summed E-state index contributed by atoms with van der Waals surface area (Å²) in [6.45, 7) is -0.675. The number of aliphatic hydroxyl groups excluding tert-OH is 4. The number of aromatic hydroxyl groups is 2. The number of phenols is 2. The molecule has 1 aliphatic heterocycles. The highest BCUT2D eigenvalue weighted by molar-refractivity contribution is 5.90. The number of hydrogen-bond donors (Lipinski definition) is 6. The van der Waals surface area contributed by atoms with Crippen LogP contribution in [0.15, 0.2) is 39.5 Å². The Morgan fingerprint density at radius 3 is 2.29 bits per heavy atom. The van der Waals surface area contributed by atoms with E-state index in [1.54, 1.807) is 0 Å². The lowest BCUT2D eigenvalue weighted by molar-refractivity contribution is -0.277. The van der Waals surface area contributed by atoms with E-state index in [1.165, 1.54) is 38.5 Å². The van der Waals surface area contributed by atoms with Crippen LogP contribution in [0.3, 0.4) is 0 Å². The first-order chi connectivity index (χ1) is 16.7. The molecule has 0 unspecified atom stereocenters. The molecule has 35 heavy (non-hydrogen) atoms. The number of aliphatic hydroxyl groups is 4. The van der Waals surface area contributed by atoms with Crippen LogP contribution in [-0.4, -0.2) is 82.2 Å². The Balaban J connectivity index is 1.87. The first kappa shape index (κ1) is 24.6. The van der Waals surface area contributed by atoms with Crippen LogP contribution >= 0.6 is 0 Å². The van der Waals surface area contributed by atoms with Gasteiger partial charge in [0.1, 0.15) is 41.1 Å². The summed E-state index contributed by atoms with van der Waals surface area (Å²) in [6.07, 6.45) is -7.91. The van der Waals surface area contributed by atoms with E-state index < -0.39 is 48.5 Å². The molecule has 3 aromatic rings. The summed E-state index contributed by atoms with van der Waals surface area (Å²) in [7, 11) is 2.63. The van der Waals surface area contributed by atoms with Gasteiger partial charge < -0.3 is 54.0 Å². The molecule has 12 heteroatoms. The number of benzene rings is 2. The van der Waals surface area contributed by atoms with Crippen LogP contribution in [0.1, 0.15) is 0 Å². The molecule has 2 aromatic carbocycles. The lowest BCUT2D eigenvalue weighted by atomic mass is 9.99. The Morgan fingerprint density at radius 1 is 0.914 bits per heavy atom. The maximum absolute atomic E-state index is 13.2. The smallest absolute Gasteiger partial charge is 0.229 e. The zero-order chi connectivity index (χ0) is 25.4. The van der Waals surface area contributed by atoms with Crippen LogP contribution in [0, 0.1) is 0 Å². The van der Waals surface area contributed by atoms with Crippen molar-refractivity contribution in [2.45, 2.75) is 30.7 Å². The second-order valence-corrected chi connectivity index (χ2v) is 7.81. The highest BCUT2D eigenvalue weighted by Gasteiger charge is 2.45. The van der Waals surface area contributed by atoms with Crippen molar-refractivity contribution in [2.75, 3.05) is 20.8 Å². The monoisotopic (exact) mass is 492 g/mol. The maximum Gasteiger partial charge on any atom is 0.229 e. The fourth-order valence-electron chi connectivity index (χ4n) is 3.80. The maximum atomic E-state index is 13.2. The number of fused-ring (bicyclic) bond motifs is 1. The van der Waals surface area contributed by atoms with Gasteiger partial charge in [-0.1, -0.05) is 0 Å². The first-order valence-corrected chi connectivity index (χ1v) is 10.4. The molecule has 12 nitrogen and oxygen atoms in total. The minimum atomic E-state index is -1.75. The van der Waals surface area contributed by atoms with Crippen LogP contribution in [0.5, 0.6) is 28.7 Å². The van der Waals surface area contributed by atoms with Crippen LogP contribution < -0.4 is 19.6 Å². The Labute approximate surface area is 197 Å². The van der Waals surface area contributed by atoms with Gasteiger partial charge >= 0.3 is 0 Å². The van der Waals surface area contributed by atoms with E-state index in [-0.39, 0.29) is 39.7 Å². The lowest BCUT2D eigenvalue weighted by Crippen LogP contribution is -2.60. The van der Waals surface area contributed by atoms with Gasteiger partial charge in [0.05, 0.1) is 20.8 Å². The quantitative estimate of drug-likeness (QED) is 0.254. The topological polar surface area (TPSA) is 189 Å². The van der Waals surface area contributed by atoms with Gasteiger partial charge in [0, 0.05) is 17.7 Å². The molecule has 4 rings (SSSR count). The van der Waals surface area contributed by atoms with Gasteiger partial charge in [-0.05, 0) is 18.2 Å². The fraction of sp³-hybridized carbons (Fsp3) is 0.348. The molecule has 0 spiro atoms. The van der Waals surface area contributed by atoms with E-state index in [0.29, 0.717) is 5.56 Å². The average Bonchev–Trinajstić information content (AvgIpc) is 2.85. The Kier molecular flexibility index (Phi) is 6.74. The number of hydrogen-bond acceptors (Lipinski definition) is 12. The van der Waals surface area contributed by atoms with Crippen LogP contribution in [0.4, 0.5) is 0 Å². The summed E-state index contributed by atoms with van der Waals surface area (Å²) in [6, 6.07) is 6.38. The van der Waals surface area contributed by atoms with E-state index >= 15 is 0 Å². The lowest BCUT2D eigenvalue weighted by Gasteiger charge is -2.39. The van der Waals surface area contributed by atoms with Crippen molar-refractivity contribution in [1.29, 1.82) is 0 Å². The van der Waals surface area contributed by atoms with E-state index in [9.17, 15) is 35.4 Å². The van der Waals surface area contributed by atoms with Crippen molar-refractivity contribution in [2.24, 2.45) is 0 Å². The summed E-state index contributed by atoms with van der Waals surface area (Å²) >= 11 is 0. The predicted molar refractivity (Wildman–Crippen MR) is 119 cm³/mol. The van der Waals surface area contributed by atoms with Gasteiger partial charge in [-0.3, -0.25) is 4.79 Å². The zero-order valence-electron chi connectivity index (χ0n) is 18.6. The Bertz CT molecular complexity index is 1280. The standard InChI is InChI=1S/C23H24O12/c1-31-15-7-14-17(12(27)6-13(33-14)9-3-4-10(25)11(26)5-9)22(21(15)32-2)35-23-20(30)19(29)18(28)16(8-24)34-23/h3-7,16,18-20,23-26,28-30H,8H2,1-2H3/t16-,18-,19+,20-,23-/m1/s1. The molecule has 1 aromatic heterocycles. The van der Waals surface area contributed by atoms with E-state index in [2.05, 4.69) is 0 Å². The molecule has 6 N–H and O–H groups in total. The van der Waals surface area contributed by atoms with Gasteiger partial charge in [-0.15, -0.1) is 0 Å². The van der Waals surface area contributed by atoms with Crippen molar-refractivity contribution in [3.63, 3.8) is 0 Å². The summed E-state index contributed by atoms with van der Waals surface area (Å²) in [5.74, 6) is -0.890. The Hall–Kier alpha value is -3.55. The summed E-state index contributed by atoms with van der Waals surface area (Å²) in [5, 5.41) is 59.2. The van der Waals surface area contributed by atoms with Crippen molar-refractivity contribution in [3.05, 3.63) is 40.6 Å². The molecular formula is C23H24O12. The SMILES string of the molecule is COc1cc2oc(-c3ccc(O)c(O)c3)cc(=O)c2c(O[C@H]2O[C@H](CO)[C@@H](O)[C@H](O)[C@H]2O)c1OC. The highest BCUT2D eigenvalue weighted by Crippen LogP contribution is 2.44. The molecule has 0 bridgehead atoms. The molecular weight excluding hydrogens is 468 g/mol. The number of ether oxygens (including phenoxy) is 4. The minimum absolute atomic E-state index is 0.0164. The largest absolute Gasteiger partial charge is 0.504 e. The van der Waals surface area contributed by atoms with Gasteiger partial charge in [0.15, 0.2) is 28.4 Å². The second-order valence-electron chi connectivity index (χ2n) is 7.81. The Morgan fingerprint density at radius 2 is 1.66 bits per heavy atom. The van der Waals surface area contributed by atoms with E-state index in [0.717, 1.165) is 6.07 Å². The molecule has 0 saturated carbocycles. The normalized spacial score (nSPS) is 24.3. The van der Waals surface area contributed by atoms with Crippen molar-refractivity contribution < 1.29 is 54.0 Å². The summed E-state index contributed by atoms with van der Waals surface area (Å²) < 4.78 is 27.7. The first-order valence-electron chi connectivity index (χ1n) is 10.4. The minimum Gasteiger partial charge on any atom is -0.504 e. The van der Waals surface area contributed by atoms with Crippen molar-refractivity contribution in [3.8, 4) is 40.1 Å². The van der Waals surface area contributed by atoms with Crippen LogP contribution in [-0.2, 0) is 4.74 Å². The van der Waals surface area contributed by atoms with Gasteiger partial charge in [-0.2, -0.15) is 0 Å². The number of phenolic OH excluding ortho intramolecular Hbond substituents is 2. The highest BCUT2D eigenvalue weighted by atomic mass is 16.7. The van der Waals surface area contributed by atoms with Gasteiger partial charge in [-0.25, -0.2) is 0 Å². The van der Waals surface area contributed by atoms with Crippen molar-refractivity contribution >= 4 is 11.0 Å². The van der Waals surface area contributed by atoms with E-state index in [4.69, 9.17) is 23.4 Å². The number of rotatable bonds is 6. The second kappa shape index (κ2) is 9.60. The molecule has 1 fully saturated rings. The van der Waals surface area contributed by atoms with Crippen LogP contribution in [0.2, 0.25) is 0 Å².